The third kappa shape index (κ3) is 12.0. The minimum absolute atomic E-state index is 0.0193. The Balaban J connectivity index is 1.40. The number of carbonyl (C=O) groups is 2. The Bertz CT molecular complexity index is 2900. The van der Waals surface area contributed by atoms with Crippen LogP contribution in [0.4, 0.5) is 28.4 Å². The first-order chi connectivity index (χ1) is 31.1. The van der Waals surface area contributed by atoms with Gasteiger partial charge in [-0.2, -0.15) is 0 Å². The molecule has 0 saturated heterocycles. The number of aromatic nitrogens is 2. The molecule has 340 valence electrons. The molecule has 0 saturated carbocycles. The van der Waals surface area contributed by atoms with Crippen molar-refractivity contribution >= 4 is 102 Å². The van der Waals surface area contributed by atoms with Crippen molar-refractivity contribution in [1.29, 1.82) is 0 Å². The lowest BCUT2D eigenvalue weighted by molar-refractivity contribution is -0.114. The van der Waals surface area contributed by atoms with Crippen molar-refractivity contribution in [3.8, 4) is 0 Å². The zero-order chi connectivity index (χ0) is 46.8. The summed E-state index contributed by atoms with van der Waals surface area (Å²) in [6.07, 6.45) is 5.73. The van der Waals surface area contributed by atoms with Crippen molar-refractivity contribution in [1.82, 2.24) is 14.3 Å². The lowest BCUT2D eigenvalue weighted by atomic mass is 10.0. The smallest absolute Gasteiger partial charge is 0.278 e. The Hall–Kier alpha value is -5.57. The summed E-state index contributed by atoms with van der Waals surface area (Å²) in [5.74, 6) is -1.11. The number of hydrogen-bond acceptors (Lipinski definition) is 8. The van der Waals surface area contributed by atoms with Crippen LogP contribution < -0.4 is 25.8 Å². The lowest BCUT2D eigenvalue weighted by Crippen LogP contribution is -2.34. The second-order valence-electron chi connectivity index (χ2n) is 15.6. The van der Waals surface area contributed by atoms with Crippen molar-refractivity contribution in [2.24, 2.45) is 4.99 Å². The third-order valence-electron chi connectivity index (χ3n) is 11.0. The highest BCUT2D eigenvalue weighted by atomic mass is 35.5. The molecule has 0 radical (unpaired) electrons. The standard InChI is InChI=1S/C49H52Cl3N7O5S/c1-6-58(35-17-12-11-13-18-35)36-23-25-42(32(3)27-36)55-46(48(61)56-44-30-37(24-22-31(44)2)65(63,64)53-5)47-57-45-39(20-16-21-43(45)54-33(4)60)49(62)59(47)26-15-10-8-7-9-14-19-38-40(51)28-34(50)29-41(38)52/h11-13,16-18,20-25,27-30,53H,6-10,14-15,19,26H2,1-5H3,(H,54,60)(H,56,61). The molecule has 3 N–H and O–H groups in total. The predicted octanol–water partition coefficient (Wildman–Crippen LogP) is 11.3. The number of nitrogens with one attached hydrogen (secondary N) is 3. The SMILES string of the molecule is CCN(c1ccccc1)c1ccc(N=C(C(=O)Nc2cc(S(=O)(=O)NC)ccc2C)c2nc3c(NC(C)=O)cccc3c(=O)n2CCCCCCCCc2c(Cl)cc(Cl)cc2Cl)c(C)c1. The molecule has 0 aliphatic carbocycles. The average molecular weight is 957 g/mol. The largest absolute Gasteiger partial charge is 0.342 e. The van der Waals surface area contributed by atoms with Gasteiger partial charge in [0.1, 0.15) is 5.52 Å². The van der Waals surface area contributed by atoms with E-state index in [0.717, 1.165) is 61.0 Å². The quantitative estimate of drug-likeness (QED) is 0.0539. The summed E-state index contributed by atoms with van der Waals surface area (Å²) in [5.41, 5.74) is 4.69. The van der Waals surface area contributed by atoms with E-state index in [1.165, 1.54) is 30.7 Å². The van der Waals surface area contributed by atoms with Crippen LogP contribution in [0, 0.1) is 13.8 Å². The van der Waals surface area contributed by atoms with Gasteiger partial charge < -0.3 is 15.5 Å². The minimum Gasteiger partial charge on any atom is -0.342 e. The van der Waals surface area contributed by atoms with Crippen LogP contribution in [0.15, 0.2) is 112 Å². The van der Waals surface area contributed by atoms with Crippen LogP contribution in [0.5, 0.6) is 0 Å². The van der Waals surface area contributed by atoms with Crippen molar-refractivity contribution in [3.05, 3.63) is 145 Å². The third-order valence-corrected chi connectivity index (χ3v) is 13.3. The number of hydrogen-bond donors (Lipinski definition) is 3. The normalized spacial score (nSPS) is 11.8. The number of halogens is 3. The molecule has 6 aromatic rings. The summed E-state index contributed by atoms with van der Waals surface area (Å²) in [6, 6.07) is 28.4. The molecule has 0 bridgehead atoms. The maximum Gasteiger partial charge on any atom is 0.278 e. The van der Waals surface area contributed by atoms with Crippen molar-refractivity contribution in [3.63, 3.8) is 0 Å². The van der Waals surface area contributed by atoms with Gasteiger partial charge in [0.25, 0.3) is 11.5 Å². The van der Waals surface area contributed by atoms with E-state index in [4.69, 9.17) is 44.8 Å². The summed E-state index contributed by atoms with van der Waals surface area (Å²) in [7, 11) is -2.56. The van der Waals surface area contributed by atoms with E-state index in [9.17, 15) is 22.8 Å². The van der Waals surface area contributed by atoms with Crippen LogP contribution in [-0.2, 0) is 32.6 Å². The molecule has 0 unspecified atom stereocenters. The summed E-state index contributed by atoms with van der Waals surface area (Å²) in [6.45, 7) is 7.95. The number of benzene rings is 5. The van der Waals surface area contributed by atoms with Crippen LogP contribution >= 0.6 is 34.8 Å². The highest BCUT2D eigenvalue weighted by molar-refractivity contribution is 7.89. The Kier molecular flexibility index (Phi) is 16.6. The fourth-order valence-electron chi connectivity index (χ4n) is 7.59. The fraction of sp³-hybridized carbons (Fsp3) is 0.286. The van der Waals surface area contributed by atoms with Gasteiger partial charge in [-0.1, -0.05) is 90.8 Å². The van der Waals surface area contributed by atoms with E-state index in [1.54, 1.807) is 43.3 Å². The van der Waals surface area contributed by atoms with E-state index in [1.807, 2.05) is 55.5 Å². The highest BCUT2D eigenvalue weighted by Crippen LogP contribution is 2.32. The van der Waals surface area contributed by atoms with Crippen LogP contribution in [0.25, 0.3) is 10.9 Å². The fourth-order valence-corrected chi connectivity index (χ4v) is 9.35. The molecule has 6 rings (SSSR count). The van der Waals surface area contributed by atoms with Gasteiger partial charge in [-0.15, -0.1) is 0 Å². The van der Waals surface area contributed by atoms with Gasteiger partial charge in [-0.3, -0.25) is 19.0 Å². The number of aryl methyl sites for hydroxylation is 2. The van der Waals surface area contributed by atoms with Gasteiger partial charge in [0.15, 0.2) is 11.5 Å². The van der Waals surface area contributed by atoms with Crippen LogP contribution in [0.1, 0.15) is 74.9 Å². The topological polar surface area (TPSA) is 155 Å². The molecule has 2 amide bonds. The number of para-hydroxylation sites is 2. The first-order valence-electron chi connectivity index (χ1n) is 21.4. The van der Waals surface area contributed by atoms with Gasteiger partial charge in [0, 0.05) is 52.1 Å². The van der Waals surface area contributed by atoms with Gasteiger partial charge in [-0.05, 0) is 131 Å². The molecule has 1 heterocycles. The Morgan fingerprint density at radius 1 is 0.769 bits per heavy atom. The Morgan fingerprint density at radius 3 is 2.12 bits per heavy atom. The average Bonchev–Trinajstić information content (AvgIpc) is 3.27. The van der Waals surface area contributed by atoms with E-state index >= 15 is 0 Å². The van der Waals surface area contributed by atoms with Crippen LogP contribution in [-0.4, -0.2) is 49.1 Å². The second-order valence-corrected chi connectivity index (χ2v) is 18.8. The molecule has 0 aliphatic heterocycles. The number of amides is 2. The molecule has 65 heavy (non-hydrogen) atoms. The summed E-state index contributed by atoms with van der Waals surface area (Å²) >= 11 is 18.9. The van der Waals surface area contributed by atoms with Crippen LogP contribution in [0.3, 0.4) is 0 Å². The summed E-state index contributed by atoms with van der Waals surface area (Å²) in [5, 5.41) is 7.51. The van der Waals surface area contributed by atoms with Gasteiger partial charge in [0.05, 0.1) is 21.7 Å². The number of fused-ring (bicyclic) bond motifs is 1. The van der Waals surface area contributed by atoms with Crippen molar-refractivity contribution in [2.45, 2.75) is 84.1 Å². The molecule has 0 atom stereocenters. The predicted molar refractivity (Wildman–Crippen MR) is 266 cm³/mol. The number of sulfonamides is 1. The molecule has 0 fully saturated rings. The Morgan fingerprint density at radius 2 is 1.46 bits per heavy atom. The molecular weight excluding hydrogens is 905 g/mol. The first kappa shape index (κ1) is 48.9. The Labute approximate surface area is 395 Å². The van der Waals surface area contributed by atoms with E-state index in [2.05, 4.69) is 27.2 Å². The molecule has 12 nitrogen and oxygen atoms in total. The van der Waals surface area contributed by atoms with E-state index in [-0.39, 0.29) is 45.5 Å². The molecule has 0 aliphatic rings. The lowest BCUT2D eigenvalue weighted by Gasteiger charge is -2.24. The molecule has 1 aromatic heterocycles. The van der Waals surface area contributed by atoms with E-state index < -0.39 is 21.5 Å². The summed E-state index contributed by atoms with van der Waals surface area (Å²) < 4.78 is 29.5. The first-order valence-corrected chi connectivity index (χ1v) is 24.1. The van der Waals surface area contributed by atoms with Gasteiger partial charge in [-0.25, -0.2) is 23.1 Å². The van der Waals surface area contributed by atoms with Crippen molar-refractivity contribution < 1.29 is 18.0 Å². The number of carbonyl (C=O) groups excluding carboxylic acids is 2. The highest BCUT2D eigenvalue weighted by Gasteiger charge is 2.25. The van der Waals surface area contributed by atoms with Gasteiger partial charge in [0.2, 0.25) is 15.9 Å². The summed E-state index contributed by atoms with van der Waals surface area (Å²) in [4.78, 5) is 53.9. The van der Waals surface area contributed by atoms with Gasteiger partial charge >= 0.3 is 0 Å². The number of aliphatic imine (C=N–C) groups is 1. The molecule has 0 spiro atoms. The van der Waals surface area contributed by atoms with Crippen molar-refractivity contribution in [2.75, 3.05) is 29.1 Å². The number of unbranched alkanes of at least 4 members (excludes halogenated alkanes) is 5. The van der Waals surface area contributed by atoms with Crippen LogP contribution in [0.2, 0.25) is 15.1 Å². The number of nitrogens with zero attached hydrogens (tertiary/aromatic N) is 4. The zero-order valence-electron chi connectivity index (χ0n) is 37.0. The second kappa shape index (κ2) is 22.1. The molecule has 16 heteroatoms. The maximum absolute atomic E-state index is 14.9. The monoisotopic (exact) mass is 955 g/mol. The molecule has 5 aromatic carbocycles. The molecular formula is C49H52Cl3N7O5S. The maximum atomic E-state index is 14.9. The number of anilines is 4. The number of rotatable bonds is 19. The minimum atomic E-state index is -3.87. The zero-order valence-corrected chi connectivity index (χ0v) is 40.1. The van der Waals surface area contributed by atoms with E-state index in [0.29, 0.717) is 45.0 Å².